The van der Waals surface area contributed by atoms with Crippen LogP contribution in [0.15, 0.2) is 113 Å². The van der Waals surface area contributed by atoms with Gasteiger partial charge in [0.1, 0.15) is 0 Å². The number of anilines is 1. The third kappa shape index (κ3) is 6.54. The van der Waals surface area contributed by atoms with E-state index in [4.69, 9.17) is 0 Å². The van der Waals surface area contributed by atoms with E-state index in [1.54, 1.807) is 30.1 Å². The van der Waals surface area contributed by atoms with Crippen LogP contribution in [0.5, 0.6) is 0 Å². The van der Waals surface area contributed by atoms with E-state index in [9.17, 15) is 13.2 Å². The van der Waals surface area contributed by atoms with Gasteiger partial charge in [-0.1, -0.05) is 42.5 Å². The molecule has 0 atom stereocenters. The number of sulfonamides is 1. The molecule has 0 aliphatic carbocycles. The molecule has 0 bridgehead atoms. The van der Waals surface area contributed by atoms with Gasteiger partial charge in [-0.2, -0.15) is 0 Å². The second-order valence-corrected chi connectivity index (χ2v) is 10.3. The standard InChI is InChI=1S/C26H23N3O3S2/c30-26(29-23-11-13-24(14-12-23)33-19-21-8-5-15-27-17-21)22-9-4-10-25(16-22)34(31,32)28-18-20-6-2-1-3-7-20/h1-17,28H,18-19H2,(H,29,30). The second-order valence-electron chi connectivity index (χ2n) is 7.47. The number of amides is 1. The first-order chi connectivity index (χ1) is 16.5. The number of thioether (sulfide) groups is 1. The van der Waals surface area contributed by atoms with Crippen molar-refractivity contribution < 1.29 is 13.2 Å². The highest BCUT2D eigenvalue weighted by Gasteiger charge is 2.16. The molecule has 34 heavy (non-hydrogen) atoms. The van der Waals surface area contributed by atoms with Crippen LogP contribution in [0.25, 0.3) is 0 Å². The van der Waals surface area contributed by atoms with Crippen LogP contribution in [-0.4, -0.2) is 19.3 Å². The van der Waals surface area contributed by atoms with E-state index in [2.05, 4.69) is 15.0 Å². The maximum absolute atomic E-state index is 12.7. The zero-order valence-electron chi connectivity index (χ0n) is 18.2. The van der Waals surface area contributed by atoms with Crippen LogP contribution >= 0.6 is 11.8 Å². The van der Waals surface area contributed by atoms with E-state index < -0.39 is 10.0 Å². The third-order valence-corrected chi connectivity index (χ3v) is 7.44. The molecule has 6 nitrogen and oxygen atoms in total. The first-order valence-electron chi connectivity index (χ1n) is 10.6. The molecule has 172 valence electrons. The van der Waals surface area contributed by atoms with Crippen molar-refractivity contribution in [2.24, 2.45) is 0 Å². The molecule has 0 saturated carbocycles. The summed E-state index contributed by atoms with van der Waals surface area (Å²) in [5.41, 5.74) is 2.88. The van der Waals surface area contributed by atoms with Crippen LogP contribution in [0.1, 0.15) is 21.5 Å². The molecule has 0 aliphatic rings. The lowest BCUT2D eigenvalue weighted by Gasteiger charge is -2.10. The molecule has 0 unspecified atom stereocenters. The van der Waals surface area contributed by atoms with Gasteiger partial charge in [0.2, 0.25) is 10.0 Å². The number of hydrogen-bond acceptors (Lipinski definition) is 5. The van der Waals surface area contributed by atoms with E-state index in [1.807, 2.05) is 72.9 Å². The van der Waals surface area contributed by atoms with Gasteiger partial charge < -0.3 is 5.32 Å². The molecular formula is C26H23N3O3S2. The second kappa shape index (κ2) is 11.1. The Kier molecular flexibility index (Phi) is 7.74. The zero-order valence-corrected chi connectivity index (χ0v) is 19.9. The Bertz CT molecular complexity index is 1350. The van der Waals surface area contributed by atoms with Crippen molar-refractivity contribution >= 4 is 33.4 Å². The molecule has 2 N–H and O–H groups in total. The van der Waals surface area contributed by atoms with Gasteiger partial charge in [0.05, 0.1) is 4.90 Å². The highest BCUT2D eigenvalue weighted by Crippen LogP contribution is 2.24. The molecule has 1 amide bonds. The molecule has 8 heteroatoms. The minimum absolute atomic E-state index is 0.0400. The molecule has 4 rings (SSSR count). The summed E-state index contributed by atoms with van der Waals surface area (Å²) >= 11 is 1.68. The molecule has 0 fully saturated rings. The summed E-state index contributed by atoms with van der Waals surface area (Å²) in [6, 6.07) is 26.7. The molecule has 0 radical (unpaired) electrons. The van der Waals surface area contributed by atoms with Gasteiger partial charge in [-0.3, -0.25) is 9.78 Å². The van der Waals surface area contributed by atoms with Crippen LogP contribution in [0, 0.1) is 0 Å². The molecule has 0 saturated heterocycles. The van der Waals surface area contributed by atoms with Gasteiger partial charge in [0, 0.05) is 40.8 Å². The van der Waals surface area contributed by atoms with Crippen molar-refractivity contribution in [1.29, 1.82) is 0 Å². The highest BCUT2D eigenvalue weighted by atomic mass is 32.2. The number of nitrogens with one attached hydrogen (secondary N) is 2. The Labute approximate surface area is 203 Å². The van der Waals surface area contributed by atoms with Gasteiger partial charge >= 0.3 is 0 Å². The summed E-state index contributed by atoms with van der Waals surface area (Å²) in [5, 5.41) is 2.82. The highest BCUT2D eigenvalue weighted by molar-refractivity contribution is 7.98. The number of hydrogen-bond donors (Lipinski definition) is 2. The lowest BCUT2D eigenvalue weighted by atomic mass is 10.2. The van der Waals surface area contributed by atoms with Crippen molar-refractivity contribution in [3.63, 3.8) is 0 Å². The number of carbonyl (C=O) groups excluding carboxylic acids is 1. The molecule has 1 aromatic heterocycles. The molecule has 4 aromatic rings. The first kappa shape index (κ1) is 23.7. The number of nitrogens with zero attached hydrogens (tertiary/aromatic N) is 1. The van der Waals surface area contributed by atoms with Gasteiger partial charge in [-0.15, -0.1) is 11.8 Å². The zero-order chi connectivity index (χ0) is 23.8. The number of rotatable bonds is 9. The number of pyridine rings is 1. The fraction of sp³-hybridized carbons (Fsp3) is 0.0769. The summed E-state index contributed by atoms with van der Waals surface area (Å²) < 4.78 is 28.0. The van der Waals surface area contributed by atoms with Crippen molar-refractivity contribution in [3.8, 4) is 0 Å². The Morgan fingerprint density at radius 2 is 1.62 bits per heavy atom. The molecule has 3 aromatic carbocycles. The topological polar surface area (TPSA) is 88.2 Å². The van der Waals surface area contributed by atoms with E-state index in [1.165, 1.54) is 12.1 Å². The van der Waals surface area contributed by atoms with Crippen LogP contribution in [0.3, 0.4) is 0 Å². The largest absolute Gasteiger partial charge is 0.322 e. The third-order valence-electron chi connectivity index (χ3n) is 4.96. The number of benzene rings is 3. The number of aromatic nitrogens is 1. The monoisotopic (exact) mass is 489 g/mol. The van der Waals surface area contributed by atoms with E-state index >= 15 is 0 Å². The minimum atomic E-state index is -3.76. The first-order valence-corrected chi connectivity index (χ1v) is 13.0. The van der Waals surface area contributed by atoms with Gasteiger partial charge in [-0.25, -0.2) is 13.1 Å². The average molecular weight is 490 g/mol. The predicted octanol–water partition coefficient (Wildman–Crippen LogP) is 5.10. The maximum atomic E-state index is 12.7. The minimum Gasteiger partial charge on any atom is -0.322 e. The SMILES string of the molecule is O=C(Nc1ccc(SCc2cccnc2)cc1)c1cccc(S(=O)(=O)NCc2ccccc2)c1. The Balaban J connectivity index is 1.37. The quantitative estimate of drug-likeness (QED) is 0.319. The number of carbonyl (C=O) groups is 1. The summed E-state index contributed by atoms with van der Waals surface area (Å²) in [7, 11) is -3.76. The Hall–Kier alpha value is -3.46. The Morgan fingerprint density at radius 1 is 0.853 bits per heavy atom. The van der Waals surface area contributed by atoms with Gasteiger partial charge in [0.25, 0.3) is 5.91 Å². The summed E-state index contributed by atoms with van der Waals surface area (Å²) in [5.74, 6) is 0.426. The molecular weight excluding hydrogens is 466 g/mol. The van der Waals surface area contributed by atoms with Crippen LogP contribution < -0.4 is 10.0 Å². The van der Waals surface area contributed by atoms with E-state index in [0.29, 0.717) is 5.69 Å². The van der Waals surface area contributed by atoms with Crippen LogP contribution in [-0.2, 0) is 22.3 Å². The molecule has 0 aliphatic heterocycles. The molecule has 0 spiro atoms. The van der Waals surface area contributed by atoms with Crippen molar-refractivity contribution in [2.45, 2.75) is 22.1 Å². The summed E-state index contributed by atoms with van der Waals surface area (Å²) in [6.45, 7) is 0.171. The fourth-order valence-electron chi connectivity index (χ4n) is 3.15. The normalized spacial score (nSPS) is 11.2. The van der Waals surface area contributed by atoms with Crippen molar-refractivity contribution in [3.05, 3.63) is 120 Å². The summed E-state index contributed by atoms with van der Waals surface area (Å²) in [6.07, 6.45) is 3.59. The van der Waals surface area contributed by atoms with E-state index in [0.717, 1.165) is 21.8 Å². The van der Waals surface area contributed by atoms with Gasteiger partial charge in [-0.05, 0) is 59.7 Å². The van der Waals surface area contributed by atoms with E-state index in [-0.39, 0.29) is 22.9 Å². The lowest BCUT2D eigenvalue weighted by Crippen LogP contribution is -2.23. The average Bonchev–Trinajstić information content (AvgIpc) is 2.88. The van der Waals surface area contributed by atoms with Gasteiger partial charge in [0.15, 0.2) is 0 Å². The lowest BCUT2D eigenvalue weighted by molar-refractivity contribution is 0.102. The predicted molar refractivity (Wildman–Crippen MR) is 135 cm³/mol. The summed E-state index contributed by atoms with van der Waals surface area (Å²) in [4.78, 5) is 18.0. The smallest absolute Gasteiger partial charge is 0.255 e. The maximum Gasteiger partial charge on any atom is 0.255 e. The van der Waals surface area contributed by atoms with Crippen LogP contribution in [0.4, 0.5) is 5.69 Å². The molecule has 1 heterocycles. The van der Waals surface area contributed by atoms with Crippen molar-refractivity contribution in [1.82, 2.24) is 9.71 Å². The van der Waals surface area contributed by atoms with Crippen molar-refractivity contribution in [2.75, 3.05) is 5.32 Å². The Morgan fingerprint density at radius 3 is 2.35 bits per heavy atom. The fourth-order valence-corrected chi connectivity index (χ4v) is 5.05. The van der Waals surface area contributed by atoms with Crippen LogP contribution in [0.2, 0.25) is 0 Å².